The maximum absolute atomic E-state index is 11.9. The lowest BCUT2D eigenvalue weighted by atomic mass is 9.94. The highest BCUT2D eigenvalue weighted by Crippen LogP contribution is 2.32. The van der Waals surface area contributed by atoms with Gasteiger partial charge < -0.3 is 9.47 Å². The normalized spacial score (nSPS) is 24.3. The first-order chi connectivity index (χ1) is 10.5. The summed E-state index contributed by atoms with van der Waals surface area (Å²) in [6, 6.07) is 10.3. The molecule has 0 saturated carbocycles. The average molecular weight is 318 g/mol. The molecule has 2 unspecified atom stereocenters. The van der Waals surface area contributed by atoms with Crippen molar-refractivity contribution in [3.05, 3.63) is 35.2 Å². The number of Topliss-reactive ketones (excluding diaryl/α,β-unsaturated/α-hetero) is 1. The van der Waals surface area contributed by atoms with Crippen molar-refractivity contribution in [3.63, 3.8) is 0 Å². The highest BCUT2D eigenvalue weighted by molar-refractivity contribution is 7.19. The van der Waals surface area contributed by atoms with E-state index >= 15 is 0 Å². The van der Waals surface area contributed by atoms with Gasteiger partial charge in [-0.3, -0.25) is 9.59 Å². The van der Waals surface area contributed by atoms with E-state index in [1.165, 1.54) is 15.0 Å². The van der Waals surface area contributed by atoms with E-state index in [1.54, 1.807) is 25.2 Å². The molecule has 0 amide bonds. The Hall–Kier alpha value is -1.56. The van der Waals surface area contributed by atoms with Gasteiger partial charge in [0.15, 0.2) is 12.1 Å². The maximum Gasteiger partial charge on any atom is 0.224 e. The Labute approximate surface area is 133 Å². The summed E-state index contributed by atoms with van der Waals surface area (Å²) < 4.78 is 12.6. The molecule has 116 valence electrons. The van der Waals surface area contributed by atoms with Crippen LogP contribution in [0.1, 0.15) is 18.7 Å². The van der Waals surface area contributed by atoms with Gasteiger partial charge in [0.25, 0.3) is 0 Å². The smallest absolute Gasteiger partial charge is 0.224 e. The number of hydrogen-bond donors (Lipinski definition) is 0. The molecule has 0 radical (unpaired) electrons. The molecule has 0 spiro atoms. The molecule has 1 fully saturated rings. The van der Waals surface area contributed by atoms with Crippen molar-refractivity contribution in [1.29, 1.82) is 0 Å². The number of carbonyl (C=O) groups is 2. The third kappa shape index (κ3) is 3.11. The van der Waals surface area contributed by atoms with E-state index in [9.17, 15) is 9.59 Å². The van der Waals surface area contributed by atoms with E-state index in [1.807, 2.05) is 12.1 Å². The number of carbonyl (C=O) groups excluding carboxylic acids is 2. The lowest BCUT2D eigenvalue weighted by molar-refractivity contribution is -0.284. The average Bonchev–Trinajstić information content (AvgIpc) is 2.90. The molecule has 2 aromatic rings. The Balaban J connectivity index is 1.82. The van der Waals surface area contributed by atoms with Gasteiger partial charge >= 0.3 is 0 Å². The molecule has 1 aromatic heterocycles. The highest BCUT2D eigenvalue weighted by Gasteiger charge is 2.40. The van der Waals surface area contributed by atoms with E-state index in [2.05, 4.69) is 18.2 Å². The van der Waals surface area contributed by atoms with Crippen LogP contribution < -0.4 is 0 Å². The van der Waals surface area contributed by atoms with Crippen molar-refractivity contribution in [2.24, 2.45) is 5.92 Å². The Morgan fingerprint density at radius 1 is 1.41 bits per heavy atom. The molecule has 2 atom stereocenters. The topological polar surface area (TPSA) is 52.6 Å². The maximum atomic E-state index is 11.9. The Kier molecular flexibility index (Phi) is 4.12. The Morgan fingerprint density at radius 2 is 2.18 bits per heavy atom. The minimum absolute atomic E-state index is 0.140. The van der Waals surface area contributed by atoms with Gasteiger partial charge in [-0.15, -0.1) is 11.3 Å². The molecule has 1 aliphatic heterocycles. The van der Waals surface area contributed by atoms with Crippen molar-refractivity contribution in [2.75, 3.05) is 6.61 Å². The number of ketones is 1. The first-order valence-corrected chi connectivity index (χ1v) is 8.08. The molecule has 4 nitrogen and oxygen atoms in total. The largest absolute Gasteiger partial charge is 0.350 e. The van der Waals surface area contributed by atoms with Gasteiger partial charge in [0, 0.05) is 15.5 Å². The fourth-order valence-corrected chi connectivity index (χ4v) is 3.91. The van der Waals surface area contributed by atoms with Crippen molar-refractivity contribution >= 4 is 33.5 Å². The third-order valence-electron chi connectivity index (χ3n) is 3.82. The summed E-state index contributed by atoms with van der Waals surface area (Å²) in [5, 5.41) is 1.19. The summed E-state index contributed by atoms with van der Waals surface area (Å²) in [6.07, 6.45) is 0.287. The van der Waals surface area contributed by atoms with Crippen LogP contribution in [0.15, 0.2) is 30.3 Å². The first-order valence-electron chi connectivity index (χ1n) is 7.27. The lowest BCUT2D eigenvalue weighted by Gasteiger charge is -2.39. The first kappa shape index (κ1) is 15.3. The van der Waals surface area contributed by atoms with Gasteiger partial charge in [-0.2, -0.15) is 0 Å². The zero-order chi connectivity index (χ0) is 15.7. The van der Waals surface area contributed by atoms with E-state index < -0.39 is 17.7 Å². The summed E-state index contributed by atoms with van der Waals surface area (Å²) in [5.74, 6) is -1.48. The van der Waals surface area contributed by atoms with E-state index in [0.717, 1.165) is 0 Å². The van der Waals surface area contributed by atoms with Crippen molar-refractivity contribution in [3.8, 4) is 0 Å². The van der Waals surface area contributed by atoms with Gasteiger partial charge in [-0.25, -0.2) is 0 Å². The van der Waals surface area contributed by atoms with Gasteiger partial charge in [0.1, 0.15) is 6.10 Å². The fourth-order valence-electron chi connectivity index (χ4n) is 2.75. The molecular formula is C17H18O4S. The number of aldehydes is 1. The molecule has 0 N–H and O–H groups in total. The summed E-state index contributed by atoms with van der Waals surface area (Å²) in [4.78, 5) is 23.9. The van der Waals surface area contributed by atoms with Gasteiger partial charge in [0.2, 0.25) is 5.78 Å². The van der Waals surface area contributed by atoms with Crippen LogP contribution in [-0.2, 0) is 25.5 Å². The standard InChI is InChI=1S/C17H18O4S/c1-17(2)20-10-12(16(21-17)14(19)9-18)8-13-7-11-5-3-4-6-15(11)22-13/h3-7,9,12,16H,8,10H2,1-2H3. The summed E-state index contributed by atoms with van der Waals surface area (Å²) in [7, 11) is 0. The molecule has 0 bridgehead atoms. The van der Waals surface area contributed by atoms with Gasteiger partial charge in [-0.1, -0.05) is 18.2 Å². The minimum atomic E-state index is -0.833. The van der Waals surface area contributed by atoms with Crippen LogP contribution >= 0.6 is 11.3 Å². The van der Waals surface area contributed by atoms with Gasteiger partial charge in [-0.05, 0) is 37.8 Å². The number of hydrogen-bond acceptors (Lipinski definition) is 5. The van der Waals surface area contributed by atoms with Crippen molar-refractivity contribution < 1.29 is 19.1 Å². The second-order valence-corrected chi connectivity index (χ2v) is 7.15. The highest BCUT2D eigenvalue weighted by atomic mass is 32.1. The number of ether oxygens (including phenoxy) is 2. The monoisotopic (exact) mass is 318 g/mol. The molecule has 2 heterocycles. The van der Waals surface area contributed by atoms with E-state index in [0.29, 0.717) is 19.3 Å². The zero-order valence-corrected chi connectivity index (χ0v) is 13.4. The van der Waals surface area contributed by atoms with Crippen molar-refractivity contribution in [1.82, 2.24) is 0 Å². The van der Waals surface area contributed by atoms with Crippen LogP contribution in [-0.4, -0.2) is 30.6 Å². The number of rotatable bonds is 4. The second kappa shape index (κ2) is 5.91. The molecule has 1 aromatic carbocycles. The third-order valence-corrected chi connectivity index (χ3v) is 4.96. The van der Waals surface area contributed by atoms with Crippen LogP contribution in [0.25, 0.3) is 10.1 Å². The van der Waals surface area contributed by atoms with E-state index in [4.69, 9.17) is 9.47 Å². The molecule has 3 rings (SSSR count). The predicted octanol–water partition coefficient (Wildman–Crippen LogP) is 2.98. The second-order valence-electron chi connectivity index (χ2n) is 5.98. The van der Waals surface area contributed by atoms with Crippen LogP contribution in [0.2, 0.25) is 0 Å². The summed E-state index contributed by atoms with van der Waals surface area (Å²) >= 11 is 1.70. The van der Waals surface area contributed by atoms with Crippen LogP contribution in [0, 0.1) is 5.92 Å². The fraction of sp³-hybridized carbons (Fsp3) is 0.412. The molecule has 5 heteroatoms. The van der Waals surface area contributed by atoms with Gasteiger partial charge in [0.05, 0.1) is 6.61 Å². The molecule has 1 aliphatic rings. The number of benzene rings is 1. The SMILES string of the molecule is CC1(C)OCC(Cc2cc3ccccc3s2)C(C(=O)C=O)O1. The summed E-state index contributed by atoms with van der Waals surface area (Å²) in [5.41, 5.74) is 0. The van der Waals surface area contributed by atoms with Crippen LogP contribution in [0.5, 0.6) is 0 Å². The van der Waals surface area contributed by atoms with Crippen LogP contribution in [0.3, 0.4) is 0 Å². The molecular weight excluding hydrogens is 300 g/mol. The van der Waals surface area contributed by atoms with Crippen LogP contribution in [0.4, 0.5) is 0 Å². The Bertz CT molecular complexity index is 671. The lowest BCUT2D eigenvalue weighted by Crippen LogP contribution is -2.50. The minimum Gasteiger partial charge on any atom is -0.350 e. The van der Waals surface area contributed by atoms with Crippen molar-refractivity contribution in [2.45, 2.75) is 32.2 Å². The number of fused-ring (bicyclic) bond motifs is 1. The molecule has 1 saturated heterocycles. The zero-order valence-electron chi connectivity index (χ0n) is 12.6. The Morgan fingerprint density at radius 3 is 2.91 bits per heavy atom. The quantitative estimate of drug-likeness (QED) is 0.642. The number of thiophene rings is 1. The van der Waals surface area contributed by atoms with E-state index in [-0.39, 0.29) is 5.92 Å². The summed E-state index contributed by atoms with van der Waals surface area (Å²) in [6.45, 7) is 3.92. The molecule has 0 aliphatic carbocycles. The predicted molar refractivity (Wildman–Crippen MR) is 85.0 cm³/mol. The molecule has 22 heavy (non-hydrogen) atoms.